The second-order valence-electron chi connectivity index (χ2n) is 25.7. The first-order valence-electron chi connectivity index (χ1n) is 32.3. The maximum absolute atomic E-state index is 17.0. The van der Waals surface area contributed by atoms with Crippen LogP contribution in [0.2, 0.25) is 0 Å². The van der Waals surface area contributed by atoms with Gasteiger partial charge in [0.15, 0.2) is 0 Å². The minimum Gasteiger partial charge on any atom is -0.310 e. The summed E-state index contributed by atoms with van der Waals surface area (Å²) >= 11 is 0. The Kier molecular flexibility index (Phi) is 11.1. The van der Waals surface area contributed by atoms with E-state index in [0.717, 1.165) is 66.8 Å². The number of nitrogens with zero attached hydrogens (tertiary/aromatic N) is 2. The van der Waals surface area contributed by atoms with Gasteiger partial charge in [-0.3, -0.25) is 0 Å². The van der Waals surface area contributed by atoms with Crippen molar-refractivity contribution < 1.29 is 8.78 Å². The van der Waals surface area contributed by atoms with Gasteiger partial charge in [0.1, 0.15) is 11.6 Å². The summed E-state index contributed by atoms with van der Waals surface area (Å²) in [6, 6.07) is 117. The molecule has 20 rings (SSSR count). The topological polar surface area (TPSA) is 6.48 Å². The van der Waals surface area contributed by atoms with Crippen molar-refractivity contribution in [2.24, 2.45) is 0 Å². The lowest BCUT2D eigenvalue weighted by atomic mass is 9.69. The van der Waals surface area contributed by atoms with Crippen LogP contribution in [0.25, 0.3) is 98.7 Å². The van der Waals surface area contributed by atoms with E-state index in [-0.39, 0.29) is 11.6 Å². The molecule has 0 aromatic heterocycles. The van der Waals surface area contributed by atoms with Crippen LogP contribution < -0.4 is 9.80 Å². The predicted octanol–water partition coefficient (Wildman–Crippen LogP) is 23.9. The molecule has 438 valence electrons. The summed E-state index contributed by atoms with van der Waals surface area (Å²) in [5.41, 5.74) is 26.1. The van der Waals surface area contributed by atoms with Crippen molar-refractivity contribution in [3.05, 3.63) is 384 Å². The molecule has 0 saturated carbocycles. The Labute approximate surface area is 542 Å². The molecule has 0 N–H and O–H groups in total. The zero-order valence-corrected chi connectivity index (χ0v) is 50.8. The molecule has 4 heteroatoms. The molecule has 0 aliphatic heterocycles. The molecule has 0 heterocycles. The number of fused-ring (bicyclic) bond motifs is 26. The number of hydrogen-bond acceptors (Lipinski definition) is 2. The summed E-state index contributed by atoms with van der Waals surface area (Å²) < 4.78 is 31.4. The smallest absolute Gasteiger partial charge is 0.125 e. The molecule has 0 unspecified atom stereocenters. The second-order valence-corrected chi connectivity index (χ2v) is 25.7. The average molecular weight is 1200 g/mol. The van der Waals surface area contributed by atoms with E-state index in [2.05, 4.69) is 277 Å². The molecule has 16 aromatic rings. The minimum absolute atomic E-state index is 0.274. The maximum Gasteiger partial charge on any atom is 0.125 e. The van der Waals surface area contributed by atoms with E-state index in [9.17, 15) is 4.39 Å². The van der Waals surface area contributed by atoms with Gasteiger partial charge in [0, 0.05) is 34.1 Å². The largest absolute Gasteiger partial charge is 0.310 e. The normalized spacial score (nSPS) is 13.6. The van der Waals surface area contributed by atoms with Crippen molar-refractivity contribution in [3.63, 3.8) is 0 Å². The first-order valence-corrected chi connectivity index (χ1v) is 32.3. The Morgan fingerprint density at radius 2 is 0.606 bits per heavy atom. The summed E-state index contributed by atoms with van der Waals surface area (Å²) in [5, 5.41) is 9.20. The van der Waals surface area contributed by atoms with E-state index >= 15 is 4.39 Å². The molecule has 0 saturated heterocycles. The molecule has 0 fully saturated rings. The Hall–Kier alpha value is -12.0. The van der Waals surface area contributed by atoms with E-state index in [1.807, 2.05) is 36.4 Å². The monoisotopic (exact) mass is 1200 g/mol. The van der Waals surface area contributed by atoms with Crippen LogP contribution in [0.3, 0.4) is 0 Å². The molecule has 4 aliphatic carbocycles. The number of halogens is 2. The van der Waals surface area contributed by atoms with Gasteiger partial charge in [-0.25, -0.2) is 8.78 Å². The molecular formula is C90H54F2N2. The SMILES string of the molecule is Fc1ccc(N(c2ccccc2)c2ccc3c4c(ccc3c2)-c2cc3cc(-c5cc(F)cc(N(c6ccccc6)c6ccc7c8c(ccc7c6)-c6cc7ccccc7cc6C86c7ccccc7-c7ccccc76)c5)ccc3cc2C42c3ccccc3-c3ccccc32)cc1. The number of para-hydroxylation sites is 2. The molecule has 0 bridgehead atoms. The van der Waals surface area contributed by atoms with Gasteiger partial charge in [0.05, 0.1) is 10.8 Å². The van der Waals surface area contributed by atoms with E-state index in [4.69, 9.17) is 0 Å². The molecule has 0 radical (unpaired) electrons. The third-order valence-electron chi connectivity index (χ3n) is 21.0. The minimum atomic E-state index is -0.627. The fourth-order valence-corrected chi connectivity index (χ4v) is 17.3. The maximum atomic E-state index is 17.0. The fourth-order valence-electron chi connectivity index (χ4n) is 17.3. The molecule has 0 amide bonds. The van der Waals surface area contributed by atoms with Crippen LogP contribution in [0.5, 0.6) is 0 Å². The van der Waals surface area contributed by atoms with E-state index in [0.29, 0.717) is 0 Å². The lowest BCUT2D eigenvalue weighted by Gasteiger charge is -2.32. The zero-order chi connectivity index (χ0) is 62.0. The Balaban J connectivity index is 0.735. The van der Waals surface area contributed by atoms with Gasteiger partial charge in [0.25, 0.3) is 0 Å². The van der Waals surface area contributed by atoms with Crippen LogP contribution in [0, 0.1) is 11.6 Å². The van der Waals surface area contributed by atoms with Crippen LogP contribution >= 0.6 is 0 Å². The summed E-state index contributed by atoms with van der Waals surface area (Å²) in [7, 11) is 0. The molecule has 4 aliphatic rings. The van der Waals surface area contributed by atoms with Gasteiger partial charge in [0.2, 0.25) is 0 Å². The molecule has 0 atom stereocenters. The highest BCUT2D eigenvalue weighted by Gasteiger charge is 2.54. The number of benzene rings is 16. The third-order valence-corrected chi connectivity index (χ3v) is 21.0. The number of anilines is 6. The summed E-state index contributed by atoms with van der Waals surface area (Å²) in [6.45, 7) is 0. The second kappa shape index (κ2) is 19.8. The first kappa shape index (κ1) is 52.8. The predicted molar refractivity (Wildman–Crippen MR) is 384 cm³/mol. The Bertz CT molecular complexity index is 5820. The van der Waals surface area contributed by atoms with Gasteiger partial charge < -0.3 is 9.80 Å². The highest BCUT2D eigenvalue weighted by molar-refractivity contribution is 6.10. The average Bonchev–Trinajstić information content (AvgIpc) is 1.51. The highest BCUT2D eigenvalue weighted by atomic mass is 19.1. The van der Waals surface area contributed by atoms with Crippen LogP contribution in [0.15, 0.2) is 328 Å². The zero-order valence-electron chi connectivity index (χ0n) is 50.8. The van der Waals surface area contributed by atoms with Crippen LogP contribution in [-0.4, -0.2) is 0 Å². The quantitative estimate of drug-likeness (QED) is 0.157. The molecular weight excluding hydrogens is 1150 g/mol. The van der Waals surface area contributed by atoms with Gasteiger partial charge in [-0.15, -0.1) is 0 Å². The van der Waals surface area contributed by atoms with Crippen molar-refractivity contribution in [1.82, 2.24) is 0 Å². The van der Waals surface area contributed by atoms with Crippen LogP contribution in [-0.2, 0) is 10.8 Å². The van der Waals surface area contributed by atoms with Gasteiger partial charge in [-0.1, -0.05) is 206 Å². The number of hydrogen-bond donors (Lipinski definition) is 0. The third kappa shape index (κ3) is 7.28. The van der Waals surface area contributed by atoms with Crippen molar-refractivity contribution >= 4 is 77.2 Å². The number of rotatable bonds is 7. The molecule has 2 nitrogen and oxygen atoms in total. The molecule has 94 heavy (non-hydrogen) atoms. The van der Waals surface area contributed by atoms with Crippen molar-refractivity contribution in [2.45, 2.75) is 10.8 Å². The fraction of sp³-hybridized carbons (Fsp3) is 0.0222. The van der Waals surface area contributed by atoms with E-state index in [1.54, 1.807) is 12.1 Å². The highest BCUT2D eigenvalue weighted by Crippen LogP contribution is 2.67. The van der Waals surface area contributed by atoms with Crippen molar-refractivity contribution in [3.8, 4) is 55.6 Å². The standard InChI is InChI=1S/C90H54F2N2/c91-63-35-37-67(38-36-63)93(65-19-3-1-4-20-65)68-39-43-71-59(47-68)34-42-78-80-51-61-45-57(31-32-58(61)53-86(80)90(88(71)78)83-29-15-11-25-75(83)76-26-12-16-30-84(76)90)62-46-64(92)54-70(49-62)94(66-21-5-2-6-22-66)69-40-44-72-60(48-69)33-41-77-79-50-55-17-7-8-18-56(55)52-85(79)89(87(72)77)81-27-13-9-23-73(81)74-24-10-14-28-82(74)89/h1-54H. The summed E-state index contributed by atoms with van der Waals surface area (Å²) in [5.74, 6) is -0.593. The van der Waals surface area contributed by atoms with Gasteiger partial charge in [-0.05, 0) is 265 Å². The van der Waals surface area contributed by atoms with Crippen LogP contribution in [0.4, 0.5) is 42.9 Å². The summed E-state index contributed by atoms with van der Waals surface area (Å²) in [4.78, 5) is 4.40. The Morgan fingerprint density at radius 3 is 1.12 bits per heavy atom. The summed E-state index contributed by atoms with van der Waals surface area (Å²) in [6.07, 6.45) is 0. The van der Waals surface area contributed by atoms with Crippen molar-refractivity contribution in [2.75, 3.05) is 9.80 Å². The van der Waals surface area contributed by atoms with Crippen LogP contribution in [0.1, 0.15) is 44.5 Å². The molecule has 2 spiro atoms. The van der Waals surface area contributed by atoms with E-state index in [1.165, 1.54) is 123 Å². The van der Waals surface area contributed by atoms with Crippen molar-refractivity contribution in [1.29, 1.82) is 0 Å². The van der Waals surface area contributed by atoms with Gasteiger partial charge in [-0.2, -0.15) is 0 Å². The first-order chi connectivity index (χ1) is 46.4. The van der Waals surface area contributed by atoms with E-state index < -0.39 is 10.8 Å². The lowest BCUT2D eigenvalue weighted by molar-refractivity contribution is 0.627. The Morgan fingerprint density at radius 1 is 0.202 bits per heavy atom. The molecule has 16 aromatic carbocycles. The lowest BCUT2D eigenvalue weighted by Crippen LogP contribution is -2.26. The van der Waals surface area contributed by atoms with Gasteiger partial charge >= 0.3 is 0 Å².